The number of nitrogens with zero attached hydrogens (tertiary/aromatic N) is 2. The Kier molecular flexibility index (Phi) is 4.78. The summed E-state index contributed by atoms with van der Waals surface area (Å²) >= 11 is 0. The number of aryl methyl sites for hydroxylation is 3. The summed E-state index contributed by atoms with van der Waals surface area (Å²) in [5, 5.41) is 0. The van der Waals surface area contributed by atoms with Crippen molar-refractivity contribution < 1.29 is 8.42 Å². The Balaban J connectivity index is 1.70. The zero-order valence-electron chi connectivity index (χ0n) is 14.5. The highest BCUT2D eigenvalue weighted by Crippen LogP contribution is 2.35. The predicted octanol–water partition coefficient (Wildman–Crippen LogP) is 3.05. The SMILES string of the molecule is Cc1ccc(C)c(S(=O)(=O)NCCn2c(C)cnc2C2CCC2)c1. The van der Waals surface area contributed by atoms with Crippen molar-refractivity contribution in [3.8, 4) is 0 Å². The minimum Gasteiger partial charge on any atom is -0.331 e. The molecule has 1 saturated carbocycles. The molecule has 1 aromatic carbocycles. The smallest absolute Gasteiger partial charge is 0.240 e. The number of aromatic nitrogens is 2. The van der Waals surface area contributed by atoms with Crippen LogP contribution in [-0.4, -0.2) is 24.5 Å². The van der Waals surface area contributed by atoms with Crippen LogP contribution in [0.1, 0.15) is 47.8 Å². The van der Waals surface area contributed by atoms with Crippen LogP contribution in [0.25, 0.3) is 0 Å². The molecule has 0 bridgehead atoms. The van der Waals surface area contributed by atoms with Gasteiger partial charge in [-0.2, -0.15) is 0 Å². The molecule has 1 aromatic heterocycles. The largest absolute Gasteiger partial charge is 0.331 e. The van der Waals surface area contributed by atoms with Gasteiger partial charge >= 0.3 is 0 Å². The average Bonchev–Trinajstić information content (AvgIpc) is 2.81. The van der Waals surface area contributed by atoms with Gasteiger partial charge in [-0.1, -0.05) is 18.6 Å². The van der Waals surface area contributed by atoms with Gasteiger partial charge in [-0.25, -0.2) is 18.1 Å². The van der Waals surface area contributed by atoms with E-state index in [4.69, 9.17) is 0 Å². The highest BCUT2D eigenvalue weighted by Gasteiger charge is 2.25. The van der Waals surface area contributed by atoms with E-state index in [-0.39, 0.29) is 0 Å². The van der Waals surface area contributed by atoms with Gasteiger partial charge in [0.05, 0.1) is 4.90 Å². The van der Waals surface area contributed by atoms with Gasteiger partial charge in [0, 0.05) is 30.9 Å². The lowest BCUT2D eigenvalue weighted by atomic mass is 9.85. The van der Waals surface area contributed by atoms with Gasteiger partial charge < -0.3 is 4.57 Å². The highest BCUT2D eigenvalue weighted by atomic mass is 32.2. The van der Waals surface area contributed by atoms with E-state index in [2.05, 4.69) is 14.3 Å². The van der Waals surface area contributed by atoms with Crippen LogP contribution in [0.15, 0.2) is 29.3 Å². The maximum Gasteiger partial charge on any atom is 0.240 e. The maximum atomic E-state index is 12.6. The Morgan fingerprint density at radius 2 is 2.00 bits per heavy atom. The van der Waals surface area contributed by atoms with Crippen molar-refractivity contribution in [3.63, 3.8) is 0 Å². The first-order valence-electron chi connectivity index (χ1n) is 8.47. The van der Waals surface area contributed by atoms with E-state index in [1.54, 1.807) is 6.07 Å². The maximum absolute atomic E-state index is 12.6. The summed E-state index contributed by atoms with van der Waals surface area (Å²) in [5.74, 6) is 1.64. The van der Waals surface area contributed by atoms with Crippen molar-refractivity contribution in [1.29, 1.82) is 0 Å². The molecule has 0 radical (unpaired) electrons. The van der Waals surface area contributed by atoms with Crippen LogP contribution in [0.3, 0.4) is 0 Å². The first kappa shape index (κ1) is 17.2. The molecule has 0 amide bonds. The van der Waals surface area contributed by atoms with Crippen molar-refractivity contribution in [2.45, 2.75) is 57.4 Å². The number of hydrogen-bond donors (Lipinski definition) is 1. The van der Waals surface area contributed by atoms with Crippen LogP contribution in [0.4, 0.5) is 0 Å². The quantitative estimate of drug-likeness (QED) is 0.873. The third-order valence-corrected chi connectivity index (χ3v) is 6.42. The molecule has 5 nitrogen and oxygen atoms in total. The van der Waals surface area contributed by atoms with E-state index in [9.17, 15) is 8.42 Å². The molecule has 1 aliphatic carbocycles. The standard InChI is InChI=1S/C18H25N3O2S/c1-13-7-8-14(2)17(11-13)24(22,23)20-9-10-21-15(3)12-19-18(21)16-5-4-6-16/h7-8,11-12,16,20H,4-6,9-10H2,1-3H3. The molecule has 1 fully saturated rings. The molecule has 0 spiro atoms. The van der Waals surface area contributed by atoms with Crippen LogP contribution in [0.5, 0.6) is 0 Å². The first-order valence-corrected chi connectivity index (χ1v) is 9.96. The van der Waals surface area contributed by atoms with E-state index in [0.717, 1.165) is 22.6 Å². The number of nitrogens with one attached hydrogen (secondary N) is 1. The van der Waals surface area contributed by atoms with Crippen molar-refractivity contribution in [2.24, 2.45) is 0 Å². The topological polar surface area (TPSA) is 64.0 Å². The summed E-state index contributed by atoms with van der Waals surface area (Å²) in [7, 11) is -3.49. The second kappa shape index (κ2) is 6.69. The molecule has 3 rings (SSSR count). The zero-order chi connectivity index (χ0) is 17.3. The summed E-state index contributed by atoms with van der Waals surface area (Å²) in [4.78, 5) is 4.89. The second-order valence-electron chi connectivity index (χ2n) is 6.70. The van der Waals surface area contributed by atoms with E-state index in [1.165, 1.54) is 19.3 Å². The van der Waals surface area contributed by atoms with Crippen LogP contribution >= 0.6 is 0 Å². The summed E-state index contributed by atoms with van der Waals surface area (Å²) in [6.07, 6.45) is 5.51. The Morgan fingerprint density at radius 3 is 2.67 bits per heavy atom. The molecule has 0 aliphatic heterocycles. The van der Waals surface area contributed by atoms with Gasteiger partial charge in [0.1, 0.15) is 5.82 Å². The van der Waals surface area contributed by atoms with Crippen molar-refractivity contribution in [2.75, 3.05) is 6.54 Å². The van der Waals surface area contributed by atoms with Crippen LogP contribution in [0, 0.1) is 20.8 Å². The molecule has 2 aromatic rings. The fraction of sp³-hybridized carbons (Fsp3) is 0.500. The molecule has 0 atom stereocenters. The lowest BCUT2D eigenvalue weighted by Crippen LogP contribution is -2.29. The fourth-order valence-corrected chi connectivity index (χ4v) is 4.48. The fourth-order valence-electron chi connectivity index (χ4n) is 3.13. The Labute approximate surface area is 144 Å². The van der Waals surface area contributed by atoms with E-state index >= 15 is 0 Å². The second-order valence-corrected chi connectivity index (χ2v) is 8.44. The number of benzene rings is 1. The minimum absolute atomic E-state index is 0.365. The number of sulfonamides is 1. The summed E-state index contributed by atoms with van der Waals surface area (Å²) in [6, 6.07) is 5.49. The van der Waals surface area contributed by atoms with Gasteiger partial charge in [-0.05, 0) is 50.8 Å². The number of hydrogen-bond acceptors (Lipinski definition) is 3. The zero-order valence-corrected chi connectivity index (χ0v) is 15.4. The molecular weight excluding hydrogens is 322 g/mol. The predicted molar refractivity (Wildman–Crippen MR) is 94.7 cm³/mol. The molecule has 0 saturated heterocycles. The number of rotatable bonds is 6. The summed E-state index contributed by atoms with van der Waals surface area (Å²) in [6.45, 7) is 6.73. The Hall–Kier alpha value is -1.66. The van der Waals surface area contributed by atoms with Gasteiger partial charge in [0.2, 0.25) is 10.0 Å². The molecule has 130 valence electrons. The number of imidazole rings is 1. The van der Waals surface area contributed by atoms with Crippen molar-refractivity contribution >= 4 is 10.0 Å². The third kappa shape index (κ3) is 3.39. The minimum atomic E-state index is -3.49. The lowest BCUT2D eigenvalue weighted by molar-refractivity contribution is 0.385. The van der Waals surface area contributed by atoms with Crippen LogP contribution < -0.4 is 4.72 Å². The third-order valence-electron chi connectivity index (χ3n) is 4.82. The first-order chi connectivity index (χ1) is 11.4. The average molecular weight is 347 g/mol. The van der Waals surface area contributed by atoms with Crippen LogP contribution in [-0.2, 0) is 16.6 Å². The normalized spacial score (nSPS) is 15.5. The summed E-state index contributed by atoms with van der Waals surface area (Å²) < 4.78 is 30.0. The molecule has 1 heterocycles. The Bertz CT molecular complexity index is 836. The van der Waals surface area contributed by atoms with Gasteiger partial charge in [-0.3, -0.25) is 0 Å². The monoisotopic (exact) mass is 347 g/mol. The highest BCUT2D eigenvalue weighted by molar-refractivity contribution is 7.89. The van der Waals surface area contributed by atoms with Gasteiger partial charge in [0.15, 0.2) is 0 Å². The lowest BCUT2D eigenvalue weighted by Gasteiger charge is -2.26. The van der Waals surface area contributed by atoms with Gasteiger partial charge in [-0.15, -0.1) is 0 Å². The molecular formula is C18H25N3O2S. The van der Waals surface area contributed by atoms with Crippen molar-refractivity contribution in [1.82, 2.24) is 14.3 Å². The molecule has 1 aliphatic rings. The molecule has 6 heteroatoms. The molecule has 24 heavy (non-hydrogen) atoms. The Morgan fingerprint density at radius 1 is 1.25 bits per heavy atom. The van der Waals surface area contributed by atoms with Gasteiger partial charge in [0.25, 0.3) is 0 Å². The van der Waals surface area contributed by atoms with Crippen LogP contribution in [0.2, 0.25) is 0 Å². The van der Waals surface area contributed by atoms with E-state index in [0.29, 0.717) is 23.9 Å². The summed E-state index contributed by atoms with van der Waals surface area (Å²) in [5.41, 5.74) is 2.80. The van der Waals surface area contributed by atoms with Crippen molar-refractivity contribution in [3.05, 3.63) is 47.0 Å². The molecule has 1 N–H and O–H groups in total. The molecule has 0 unspecified atom stereocenters. The van der Waals surface area contributed by atoms with E-state index < -0.39 is 10.0 Å². The van der Waals surface area contributed by atoms with E-state index in [1.807, 2.05) is 39.1 Å².